The van der Waals surface area contributed by atoms with E-state index < -0.39 is 5.70 Å². The summed E-state index contributed by atoms with van der Waals surface area (Å²) in [5, 5.41) is 0. The molecule has 0 rings (SSSR count). The van der Waals surface area contributed by atoms with Crippen molar-refractivity contribution in [1.82, 2.24) is 0 Å². The van der Waals surface area contributed by atoms with Gasteiger partial charge in [0.05, 0.1) is 0 Å². The summed E-state index contributed by atoms with van der Waals surface area (Å²) in [7, 11) is 0. The molecule has 0 bridgehead atoms. The largest absolute Gasteiger partial charge is 0.295 e. The van der Waals surface area contributed by atoms with Gasteiger partial charge in [-0.1, -0.05) is 32.2 Å². The fourth-order valence-electron chi connectivity index (χ4n) is 0.352. The third kappa shape index (κ3) is 5.64. The average Bonchev–Trinajstić information content (AvgIpc) is 1.85. The van der Waals surface area contributed by atoms with Crippen molar-refractivity contribution in [2.45, 2.75) is 20.8 Å². The lowest BCUT2D eigenvalue weighted by atomic mass is 10.3. The summed E-state index contributed by atoms with van der Waals surface area (Å²) in [6.07, 6.45) is 0.589. The van der Waals surface area contributed by atoms with Crippen LogP contribution in [0.25, 0.3) is 0 Å². The van der Waals surface area contributed by atoms with Crippen LogP contribution >= 0.6 is 28.3 Å². The second-order valence-electron chi connectivity index (χ2n) is 2.60. The maximum Gasteiger partial charge on any atom is 0.221 e. The first-order valence-electron chi connectivity index (χ1n) is 3.41. The highest BCUT2D eigenvalue weighted by molar-refractivity contribution is 8.65. The smallest absolute Gasteiger partial charge is 0.221 e. The van der Waals surface area contributed by atoms with E-state index in [9.17, 15) is 4.57 Å². The molecule has 10 heavy (non-hydrogen) atoms. The first-order chi connectivity index (χ1) is 4.48. The normalized spacial score (nSPS) is 17.3. The van der Waals surface area contributed by atoms with Crippen LogP contribution in [0, 0.1) is 5.92 Å². The molecule has 1 unspecified atom stereocenters. The van der Waals surface area contributed by atoms with Crippen LogP contribution in [0.2, 0.25) is 0 Å². The first kappa shape index (κ1) is 10.9. The van der Waals surface area contributed by atoms with Crippen molar-refractivity contribution < 1.29 is 4.57 Å². The highest BCUT2D eigenvalue weighted by Gasteiger charge is 2.15. The Hall–Kier alpha value is 0.870. The molecule has 0 amide bonds. The van der Waals surface area contributed by atoms with E-state index in [1.807, 2.05) is 6.92 Å². The Morgan fingerprint density at radius 2 is 2.10 bits per heavy atom. The summed E-state index contributed by atoms with van der Waals surface area (Å²) in [4.78, 5) is 0. The van der Waals surface area contributed by atoms with Crippen LogP contribution in [0.3, 0.4) is 0 Å². The summed E-state index contributed by atoms with van der Waals surface area (Å²) in [6, 6.07) is 0. The zero-order valence-corrected chi connectivity index (χ0v) is 9.10. The van der Waals surface area contributed by atoms with Gasteiger partial charge in [-0.05, 0) is 17.2 Å². The van der Waals surface area contributed by atoms with Crippen molar-refractivity contribution in [2.24, 2.45) is 5.92 Å². The van der Waals surface area contributed by atoms with E-state index in [1.165, 1.54) is 11.4 Å². The third-order valence-electron chi connectivity index (χ3n) is 0.978. The van der Waals surface area contributed by atoms with Gasteiger partial charge in [-0.2, -0.15) is 0 Å². The Bertz CT molecular complexity index is 138. The first-order valence-corrected chi connectivity index (χ1v) is 7.80. The molecule has 1 nitrogen and oxygen atoms in total. The molecule has 0 aliphatic heterocycles. The summed E-state index contributed by atoms with van der Waals surface area (Å²) in [5.41, 5.74) is -2.34. The Balaban J connectivity index is 3.58. The van der Waals surface area contributed by atoms with Crippen LogP contribution in [0.5, 0.6) is 0 Å². The fraction of sp³-hybridized carbons (Fsp3) is 1.00. The summed E-state index contributed by atoms with van der Waals surface area (Å²) in [6.45, 7) is 6.06. The van der Waals surface area contributed by atoms with Crippen molar-refractivity contribution in [3.8, 4) is 0 Å². The van der Waals surface area contributed by atoms with E-state index in [1.54, 1.807) is 0 Å². The minimum Gasteiger partial charge on any atom is -0.295 e. The van der Waals surface area contributed by atoms with E-state index in [0.29, 0.717) is 12.1 Å². The predicted molar refractivity (Wildman–Crippen MR) is 51.3 cm³/mol. The lowest BCUT2D eigenvalue weighted by Crippen LogP contribution is -1.89. The van der Waals surface area contributed by atoms with Crippen molar-refractivity contribution in [1.29, 1.82) is 0 Å². The van der Waals surface area contributed by atoms with Gasteiger partial charge in [0.25, 0.3) is 0 Å². The van der Waals surface area contributed by atoms with E-state index in [0.717, 1.165) is 5.75 Å². The van der Waals surface area contributed by atoms with Gasteiger partial charge in [-0.25, -0.2) is 0 Å². The molecule has 0 spiro atoms. The summed E-state index contributed by atoms with van der Waals surface area (Å²) >= 11 is 7.09. The molecule has 0 saturated heterocycles. The van der Waals surface area contributed by atoms with Crippen LogP contribution in [0.4, 0.5) is 0 Å². The highest BCUT2D eigenvalue weighted by Crippen LogP contribution is 2.63. The Kier molecular flexibility index (Phi) is 5.10. The monoisotopic (exact) mass is 200 g/mol. The second-order valence-corrected chi connectivity index (χ2v) is 9.78. The van der Waals surface area contributed by atoms with Gasteiger partial charge in [0.15, 0.2) is 0 Å². The van der Waals surface area contributed by atoms with E-state index in [2.05, 4.69) is 13.8 Å². The quantitative estimate of drug-likeness (QED) is 0.642. The van der Waals surface area contributed by atoms with Crippen LogP contribution in [0.1, 0.15) is 20.8 Å². The predicted octanol–water partition coefficient (Wildman–Crippen LogP) is 3.83. The minimum absolute atomic E-state index is 0.573. The lowest BCUT2D eigenvalue weighted by Gasteiger charge is -2.08. The standard InChI is InChI=1S/C6H14ClOPS/c1-4-9(7,8)10-5-6(2)3/h6H,4-5H2,1-3H3. The maximum atomic E-state index is 11.2. The Morgan fingerprint density at radius 3 is 2.40 bits per heavy atom. The van der Waals surface area contributed by atoms with Crippen LogP contribution < -0.4 is 0 Å². The molecule has 0 aliphatic rings. The van der Waals surface area contributed by atoms with Gasteiger partial charge >= 0.3 is 0 Å². The zero-order valence-electron chi connectivity index (χ0n) is 6.63. The van der Waals surface area contributed by atoms with E-state index in [4.69, 9.17) is 11.2 Å². The molecule has 1 atom stereocenters. The number of halogens is 1. The molecule has 0 heterocycles. The molecule has 0 aliphatic carbocycles. The average molecular weight is 201 g/mol. The van der Waals surface area contributed by atoms with Crippen LogP contribution in [-0.4, -0.2) is 11.9 Å². The molecule has 0 aromatic carbocycles. The molecule has 0 aromatic heterocycles. The van der Waals surface area contributed by atoms with Crippen LogP contribution in [-0.2, 0) is 4.57 Å². The van der Waals surface area contributed by atoms with Gasteiger partial charge in [0, 0.05) is 11.9 Å². The summed E-state index contributed by atoms with van der Waals surface area (Å²) in [5.74, 6) is 1.47. The molecule has 4 heteroatoms. The molecule has 62 valence electrons. The topological polar surface area (TPSA) is 17.1 Å². The van der Waals surface area contributed by atoms with Gasteiger partial charge in [0.1, 0.15) is 0 Å². The van der Waals surface area contributed by atoms with Crippen molar-refractivity contribution >= 4 is 28.3 Å². The number of hydrogen-bond donors (Lipinski definition) is 0. The summed E-state index contributed by atoms with van der Waals surface area (Å²) < 4.78 is 11.2. The molecule has 0 aromatic rings. The second kappa shape index (κ2) is 4.69. The Morgan fingerprint density at radius 1 is 1.60 bits per heavy atom. The van der Waals surface area contributed by atoms with E-state index in [-0.39, 0.29) is 0 Å². The third-order valence-corrected chi connectivity index (χ3v) is 6.91. The SMILES string of the molecule is CCP(=O)(Cl)SCC(C)C. The van der Waals surface area contributed by atoms with Gasteiger partial charge in [0.2, 0.25) is 5.70 Å². The molecule has 0 N–H and O–H groups in total. The van der Waals surface area contributed by atoms with Gasteiger partial charge in [-0.3, -0.25) is 4.57 Å². The zero-order chi connectivity index (χ0) is 8.20. The van der Waals surface area contributed by atoms with Crippen molar-refractivity contribution in [3.05, 3.63) is 0 Å². The Labute approximate surface area is 71.8 Å². The van der Waals surface area contributed by atoms with Crippen LogP contribution in [0.15, 0.2) is 0 Å². The molecular weight excluding hydrogens is 187 g/mol. The van der Waals surface area contributed by atoms with Crippen molar-refractivity contribution in [3.63, 3.8) is 0 Å². The number of rotatable bonds is 4. The van der Waals surface area contributed by atoms with Crippen molar-refractivity contribution in [2.75, 3.05) is 11.9 Å². The molecular formula is C6H14ClOPS. The molecule has 0 fully saturated rings. The lowest BCUT2D eigenvalue weighted by molar-refractivity contribution is 0.593. The molecule has 0 radical (unpaired) electrons. The van der Waals surface area contributed by atoms with Gasteiger partial charge in [-0.15, -0.1) is 0 Å². The fourth-order valence-corrected chi connectivity index (χ4v) is 3.67. The number of hydrogen-bond acceptors (Lipinski definition) is 2. The minimum atomic E-state index is -2.34. The molecule has 0 saturated carbocycles. The highest BCUT2D eigenvalue weighted by atomic mass is 35.7. The van der Waals surface area contributed by atoms with Gasteiger partial charge < -0.3 is 0 Å². The maximum absolute atomic E-state index is 11.2. The van der Waals surface area contributed by atoms with E-state index >= 15 is 0 Å².